The van der Waals surface area contributed by atoms with E-state index in [2.05, 4.69) is 25.8 Å². The van der Waals surface area contributed by atoms with Gasteiger partial charge < -0.3 is 15.2 Å². The number of carbonyl (C=O) groups is 2. The zero-order valence-corrected chi connectivity index (χ0v) is 16.3. The number of thioether (sulfide) groups is 1. The lowest BCUT2D eigenvalue weighted by Gasteiger charge is -2.14. The number of nitrogens with one attached hydrogen (secondary N) is 2. The van der Waals surface area contributed by atoms with Crippen LogP contribution in [0.15, 0.2) is 60.1 Å². The fraction of sp³-hybridized carbons (Fsp3) is 0.211. The van der Waals surface area contributed by atoms with Crippen LogP contribution in [0.2, 0.25) is 0 Å². The number of benzene rings is 1. The maximum absolute atomic E-state index is 12.5. The maximum Gasteiger partial charge on any atom is 0.251 e. The molecule has 0 aliphatic heterocycles. The van der Waals surface area contributed by atoms with E-state index in [0.29, 0.717) is 16.4 Å². The number of rotatable bonds is 7. The van der Waals surface area contributed by atoms with Crippen molar-refractivity contribution in [1.82, 2.24) is 25.1 Å². The minimum absolute atomic E-state index is 0.188. The number of hydrogen-bond acceptors (Lipinski definition) is 6. The van der Waals surface area contributed by atoms with Gasteiger partial charge in [0.1, 0.15) is 6.33 Å². The molecular weight excluding hydrogens is 376 g/mol. The molecule has 3 rings (SSSR count). The molecule has 2 aromatic heterocycles. The summed E-state index contributed by atoms with van der Waals surface area (Å²) in [6.45, 7) is 1.87. The van der Waals surface area contributed by atoms with E-state index in [4.69, 9.17) is 0 Å². The smallest absolute Gasteiger partial charge is 0.251 e. The number of aromatic nitrogens is 4. The van der Waals surface area contributed by atoms with Crippen LogP contribution < -0.4 is 10.6 Å². The number of pyridine rings is 1. The van der Waals surface area contributed by atoms with Crippen LogP contribution in [-0.2, 0) is 11.8 Å². The number of amides is 2. The Hall–Kier alpha value is -3.20. The third-order valence-corrected chi connectivity index (χ3v) is 4.92. The third kappa shape index (κ3) is 5.17. The highest BCUT2D eigenvalue weighted by molar-refractivity contribution is 7.99. The van der Waals surface area contributed by atoms with E-state index in [9.17, 15) is 9.59 Å². The van der Waals surface area contributed by atoms with Crippen LogP contribution in [0.5, 0.6) is 0 Å². The fourth-order valence-electron chi connectivity index (χ4n) is 2.45. The maximum atomic E-state index is 12.5. The second-order valence-electron chi connectivity index (χ2n) is 6.09. The van der Waals surface area contributed by atoms with Crippen molar-refractivity contribution in [3.05, 3.63) is 66.2 Å². The molecule has 0 spiro atoms. The average Bonchev–Trinajstić information content (AvgIpc) is 3.12. The van der Waals surface area contributed by atoms with Crippen LogP contribution in [0.3, 0.4) is 0 Å². The monoisotopic (exact) mass is 396 g/mol. The van der Waals surface area contributed by atoms with Gasteiger partial charge >= 0.3 is 0 Å². The SMILES string of the molecule is CC(NC(=O)c1cccc(NC(=O)CSc2nncn2C)c1)c1ccccn1. The highest BCUT2D eigenvalue weighted by Crippen LogP contribution is 2.16. The van der Waals surface area contributed by atoms with Crippen molar-refractivity contribution < 1.29 is 9.59 Å². The molecule has 9 heteroatoms. The Balaban J connectivity index is 1.57. The quantitative estimate of drug-likeness (QED) is 0.595. The Kier molecular flexibility index (Phi) is 6.38. The second-order valence-corrected chi connectivity index (χ2v) is 7.03. The molecule has 2 amide bonds. The molecular formula is C19H20N6O2S. The number of anilines is 1. The van der Waals surface area contributed by atoms with E-state index in [1.165, 1.54) is 11.8 Å². The van der Waals surface area contributed by atoms with E-state index in [0.717, 1.165) is 5.69 Å². The molecule has 0 saturated carbocycles. The summed E-state index contributed by atoms with van der Waals surface area (Å²) in [5.74, 6) is -0.227. The summed E-state index contributed by atoms with van der Waals surface area (Å²) in [6.07, 6.45) is 3.27. The first-order chi connectivity index (χ1) is 13.5. The molecule has 144 valence electrons. The van der Waals surface area contributed by atoms with Gasteiger partial charge in [0.25, 0.3) is 5.91 Å². The molecule has 0 saturated heterocycles. The first kappa shape index (κ1) is 19.6. The fourth-order valence-corrected chi connectivity index (χ4v) is 3.14. The molecule has 1 atom stereocenters. The second kappa shape index (κ2) is 9.14. The number of aryl methyl sites for hydroxylation is 1. The van der Waals surface area contributed by atoms with Crippen LogP contribution in [0.25, 0.3) is 0 Å². The molecule has 28 heavy (non-hydrogen) atoms. The topological polar surface area (TPSA) is 102 Å². The highest BCUT2D eigenvalue weighted by atomic mass is 32.2. The van der Waals surface area contributed by atoms with Gasteiger partial charge in [-0.15, -0.1) is 10.2 Å². The lowest BCUT2D eigenvalue weighted by Crippen LogP contribution is -2.27. The first-order valence-electron chi connectivity index (χ1n) is 8.61. The Bertz CT molecular complexity index is 960. The van der Waals surface area contributed by atoms with Crippen molar-refractivity contribution in [3.63, 3.8) is 0 Å². The van der Waals surface area contributed by atoms with Crippen LogP contribution in [-0.4, -0.2) is 37.3 Å². The molecule has 2 N–H and O–H groups in total. The number of hydrogen-bond donors (Lipinski definition) is 2. The Morgan fingerprint density at radius 2 is 2.07 bits per heavy atom. The molecule has 3 aromatic rings. The summed E-state index contributed by atoms with van der Waals surface area (Å²) < 4.78 is 1.74. The Morgan fingerprint density at radius 1 is 1.21 bits per heavy atom. The predicted octanol–water partition coefficient (Wildman–Crippen LogP) is 2.43. The van der Waals surface area contributed by atoms with Gasteiger partial charge in [-0.2, -0.15) is 0 Å². The van der Waals surface area contributed by atoms with Crippen molar-refractivity contribution in [2.24, 2.45) is 7.05 Å². The molecule has 0 aliphatic carbocycles. The minimum atomic E-state index is -0.234. The normalized spacial score (nSPS) is 11.6. The zero-order valence-electron chi connectivity index (χ0n) is 15.5. The van der Waals surface area contributed by atoms with Gasteiger partial charge in [-0.3, -0.25) is 14.6 Å². The summed E-state index contributed by atoms with van der Waals surface area (Å²) in [7, 11) is 1.81. The van der Waals surface area contributed by atoms with Crippen molar-refractivity contribution in [1.29, 1.82) is 0 Å². The van der Waals surface area contributed by atoms with Gasteiger partial charge in [-0.05, 0) is 37.3 Å². The highest BCUT2D eigenvalue weighted by Gasteiger charge is 2.13. The van der Waals surface area contributed by atoms with Crippen LogP contribution in [0, 0.1) is 0 Å². The van der Waals surface area contributed by atoms with E-state index in [-0.39, 0.29) is 23.6 Å². The van der Waals surface area contributed by atoms with Crippen LogP contribution in [0.4, 0.5) is 5.69 Å². The largest absolute Gasteiger partial charge is 0.344 e. The van der Waals surface area contributed by atoms with E-state index in [1.807, 2.05) is 32.2 Å². The van der Waals surface area contributed by atoms with Gasteiger partial charge in [0.15, 0.2) is 5.16 Å². The Labute approximate surface area is 166 Å². The molecule has 0 radical (unpaired) electrons. The summed E-state index contributed by atoms with van der Waals surface area (Å²) >= 11 is 1.29. The van der Waals surface area contributed by atoms with Gasteiger partial charge in [0.05, 0.1) is 17.5 Å². The van der Waals surface area contributed by atoms with E-state index >= 15 is 0 Å². The minimum Gasteiger partial charge on any atom is -0.344 e. The van der Waals surface area contributed by atoms with Crippen molar-refractivity contribution in [3.8, 4) is 0 Å². The zero-order chi connectivity index (χ0) is 19.9. The van der Waals surface area contributed by atoms with Crippen molar-refractivity contribution in [2.45, 2.75) is 18.1 Å². The van der Waals surface area contributed by atoms with Crippen LogP contribution in [0.1, 0.15) is 29.0 Å². The summed E-state index contributed by atoms with van der Waals surface area (Å²) in [5.41, 5.74) is 1.80. The standard InChI is InChI=1S/C19H20N6O2S/c1-13(16-8-3-4-9-20-16)22-18(27)14-6-5-7-15(10-14)23-17(26)11-28-19-24-21-12-25(19)2/h3-10,12-13H,11H2,1-2H3,(H,22,27)(H,23,26). The molecule has 2 heterocycles. The average molecular weight is 396 g/mol. The van der Waals surface area contributed by atoms with Gasteiger partial charge in [-0.1, -0.05) is 23.9 Å². The molecule has 1 unspecified atom stereocenters. The van der Waals surface area contributed by atoms with E-state index < -0.39 is 0 Å². The number of carbonyl (C=O) groups excluding carboxylic acids is 2. The van der Waals surface area contributed by atoms with Gasteiger partial charge in [0, 0.05) is 24.5 Å². The lowest BCUT2D eigenvalue weighted by atomic mass is 10.1. The summed E-state index contributed by atoms with van der Waals surface area (Å²) in [4.78, 5) is 28.9. The molecule has 1 aromatic carbocycles. The molecule has 0 aliphatic rings. The lowest BCUT2D eigenvalue weighted by molar-refractivity contribution is -0.113. The van der Waals surface area contributed by atoms with E-state index in [1.54, 1.807) is 41.4 Å². The number of nitrogens with zero attached hydrogens (tertiary/aromatic N) is 4. The molecule has 0 bridgehead atoms. The van der Waals surface area contributed by atoms with Crippen molar-refractivity contribution in [2.75, 3.05) is 11.1 Å². The van der Waals surface area contributed by atoms with Crippen LogP contribution >= 0.6 is 11.8 Å². The molecule has 0 fully saturated rings. The summed E-state index contributed by atoms with van der Waals surface area (Å²) in [5, 5.41) is 14.1. The van der Waals surface area contributed by atoms with Gasteiger partial charge in [0.2, 0.25) is 5.91 Å². The Morgan fingerprint density at radius 3 is 2.79 bits per heavy atom. The predicted molar refractivity (Wildman–Crippen MR) is 107 cm³/mol. The third-order valence-electron chi connectivity index (χ3n) is 3.89. The summed E-state index contributed by atoms with van der Waals surface area (Å²) in [6, 6.07) is 12.1. The van der Waals surface area contributed by atoms with Gasteiger partial charge in [-0.25, -0.2) is 0 Å². The first-order valence-corrected chi connectivity index (χ1v) is 9.60. The van der Waals surface area contributed by atoms with Crippen molar-refractivity contribution >= 4 is 29.3 Å². The molecule has 8 nitrogen and oxygen atoms in total.